The molecule has 33 heavy (non-hydrogen) atoms. The fourth-order valence-electron chi connectivity index (χ4n) is 3.22. The lowest BCUT2D eigenvalue weighted by atomic mass is 10.1. The molecule has 1 amide bonds. The molecule has 0 aliphatic heterocycles. The standard InChI is InChI=1S/C26H22N2O3S2/c1-19-16-17-20(18-25(19)33(30,31)28-21-10-4-2-5-11-21)26(29)27-23-14-8-9-15-24(23)32-22-12-6-3-7-13-22/h2-18,28H,1H3,(H,27,29). The largest absolute Gasteiger partial charge is 0.321 e. The number of carbonyl (C=O) groups excluding carboxylic acids is 1. The van der Waals surface area contributed by atoms with Crippen molar-refractivity contribution in [3.8, 4) is 0 Å². The molecule has 0 heterocycles. The number of aryl methyl sites for hydroxylation is 1. The molecule has 0 fully saturated rings. The molecule has 0 saturated carbocycles. The molecule has 0 atom stereocenters. The highest BCUT2D eigenvalue weighted by molar-refractivity contribution is 7.99. The average molecular weight is 475 g/mol. The second-order valence-corrected chi connectivity index (χ2v) is 10.1. The van der Waals surface area contributed by atoms with Crippen molar-refractivity contribution in [3.63, 3.8) is 0 Å². The molecule has 4 aromatic carbocycles. The Kier molecular flexibility index (Phi) is 6.82. The Hall–Kier alpha value is -3.55. The predicted molar refractivity (Wildman–Crippen MR) is 133 cm³/mol. The maximum atomic E-state index is 13.0. The van der Waals surface area contributed by atoms with Gasteiger partial charge >= 0.3 is 0 Å². The lowest BCUT2D eigenvalue weighted by Crippen LogP contribution is -2.17. The van der Waals surface area contributed by atoms with E-state index in [1.165, 1.54) is 6.07 Å². The van der Waals surface area contributed by atoms with E-state index in [1.54, 1.807) is 55.1 Å². The number of benzene rings is 4. The smallest absolute Gasteiger partial charge is 0.262 e. The monoisotopic (exact) mass is 474 g/mol. The number of hydrogen-bond acceptors (Lipinski definition) is 4. The Balaban J connectivity index is 1.58. The third-order valence-electron chi connectivity index (χ3n) is 4.87. The topological polar surface area (TPSA) is 75.3 Å². The summed E-state index contributed by atoms with van der Waals surface area (Å²) in [4.78, 5) is 15.0. The Bertz CT molecular complexity index is 1370. The van der Waals surface area contributed by atoms with Crippen molar-refractivity contribution in [2.45, 2.75) is 21.6 Å². The van der Waals surface area contributed by atoms with Crippen LogP contribution < -0.4 is 10.0 Å². The Morgan fingerprint density at radius 3 is 2.15 bits per heavy atom. The summed E-state index contributed by atoms with van der Waals surface area (Å²) < 4.78 is 28.5. The van der Waals surface area contributed by atoms with E-state index in [4.69, 9.17) is 0 Å². The first kappa shape index (κ1) is 22.6. The van der Waals surface area contributed by atoms with Crippen molar-refractivity contribution in [1.29, 1.82) is 0 Å². The van der Waals surface area contributed by atoms with Gasteiger partial charge in [-0.05, 0) is 61.0 Å². The zero-order valence-electron chi connectivity index (χ0n) is 17.9. The molecule has 0 aliphatic carbocycles. The van der Waals surface area contributed by atoms with Gasteiger partial charge in [0.05, 0.1) is 10.6 Å². The van der Waals surface area contributed by atoms with Gasteiger partial charge in [-0.2, -0.15) is 0 Å². The minimum atomic E-state index is -3.86. The van der Waals surface area contributed by atoms with Gasteiger partial charge in [0.1, 0.15) is 0 Å². The number of amides is 1. The second kappa shape index (κ2) is 9.94. The fraction of sp³-hybridized carbons (Fsp3) is 0.0385. The molecule has 0 aromatic heterocycles. The van der Waals surface area contributed by atoms with Crippen LogP contribution in [0.2, 0.25) is 0 Å². The van der Waals surface area contributed by atoms with Gasteiger partial charge in [-0.1, -0.05) is 66.4 Å². The van der Waals surface area contributed by atoms with Crippen LogP contribution in [0.15, 0.2) is 118 Å². The van der Waals surface area contributed by atoms with Crippen LogP contribution in [0.3, 0.4) is 0 Å². The average Bonchev–Trinajstić information content (AvgIpc) is 2.81. The van der Waals surface area contributed by atoms with E-state index in [9.17, 15) is 13.2 Å². The van der Waals surface area contributed by atoms with E-state index in [0.717, 1.165) is 9.79 Å². The van der Waals surface area contributed by atoms with Crippen LogP contribution in [0, 0.1) is 6.92 Å². The molecule has 2 N–H and O–H groups in total. The van der Waals surface area contributed by atoms with E-state index >= 15 is 0 Å². The quantitative estimate of drug-likeness (QED) is 0.334. The third kappa shape index (κ3) is 5.63. The number of anilines is 2. The van der Waals surface area contributed by atoms with Gasteiger partial charge in [-0.3, -0.25) is 9.52 Å². The molecule has 0 aliphatic rings. The molecular formula is C26H22N2O3S2. The summed E-state index contributed by atoms with van der Waals surface area (Å²) in [6.07, 6.45) is 0. The van der Waals surface area contributed by atoms with E-state index in [0.29, 0.717) is 16.9 Å². The summed E-state index contributed by atoms with van der Waals surface area (Å²) in [5.41, 5.74) is 1.92. The van der Waals surface area contributed by atoms with E-state index in [1.807, 2.05) is 60.7 Å². The van der Waals surface area contributed by atoms with Crippen LogP contribution in [0.1, 0.15) is 15.9 Å². The molecule has 5 nitrogen and oxygen atoms in total. The summed E-state index contributed by atoms with van der Waals surface area (Å²) in [5, 5.41) is 2.92. The maximum absolute atomic E-state index is 13.0. The number of carbonyl (C=O) groups is 1. The summed E-state index contributed by atoms with van der Waals surface area (Å²) in [5.74, 6) is -0.382. The van der Waals surface area contributed by atoms with Crippen LogP contribution >= 0.6 is 11.8 Å². The molecule has 0 saturated heterocycles. The van der Waals surface area contributed by atoms with Gasteiger partial charge in [-0.25, -0.2) is 8.42 Å². The van der Waals surface area contributed by atoms with Crippen LogP contribution in [-0.4, -0.2) is 14.3 Å². The fourth-order valence-corrected chi connectivity index (χ4v) is 5.47. The second-order valence-electron chi connectivity index (χ2n) is 7.32. The molecule has 166 valence electrons. The highest BCUT2D eigenvalue weighted by atomic mass is 32.2. The van der Waals surface area contributed by atoms with Crippen LogP contribution in [0.25, 0.3) is 0 Å². The van der Waals surface area contributed by atoms with Gasteiger partial charge in [-0.15, -0.1) is 0 Å². The van der Waals surface area contributed by atoms with Gasteiger partial charge < -0.3 is 5.32 Å². The minimum Gasteiger partial charge on any atom is -0.321 e. The molecule has 0 bridgehead atoms. The van der Waals surface area contributed by atoms with E-state index in [-0.39, 0.29) is 16.4 Å². The SMILES string of the molecule is Cc1ccc(C(=O)Nc2ccccc2Sc2ccccc2)cc1S(=O)(=O)Nc1ccccc1. The number of para-hydroxylation sites is 2. The molecule has 0 unspecified atom stereocenters. The summed E-state index contributed by atoms with van der Waals surface area (Å²) in [6, 6.07) is 30.7. The molecule has 4 rings (SSSR count). The van der Waals surface area contributed by atoms with E-state index < -0.39 is 10.0 Å². The van der Waals surface area contributed by atoms with Gasteiger partial charge in [0, 0.05) is 21.0 Å². The first-order valence-electron chi connectivity index (χ1n) is 10.2. The predicted octanol–water partition coefficient (Wildman–Crippen LogP) is 6.20. The van der Waals surface area contributed by atoms with Crippen molar-refractivity contribution >= 4 is 39.1 Å². The van der Waals surface area contributed by atoms with Gasteiger partial charge in [0.15, 0.2) is 0 Å². The number of sulfonamides is 1. The highest BCUT2D eigenvalue weighted by Gasteiger charge is 2.20. The normalized spacial score (nSPS) is 11.1. The molecular weight excluding hydrogens is 452 g/mol. The number of nitrogens with one attached hydrogen (secondary N) is 2. The number of rotatable bonds is 7. The molecule has 0 spiro atoms. The first-order valence-corrected chi connectivity index (χ1v) is 12.5. The Morgan fingerprint density at radius 1 is 0.788 bits per heavy atom. The van der Waals surface area contributed by atoms with Crippen molar-refractivity contribution in [1.82, 2.24) is 0 Å². The minimum absolute atomic E-state index is 0.0611. The first-order chi connectivity index (χ1) is 15.9. The molecule has 0 radical (unpaired) electrons. The summed E-state index contributed by atoms with van der Waals surface area (Å²) >= 11 is 1.54. The number of hydrogen-bond donors (Lipinski definition) is 2. The summed E-state index contributed by atoms with van der Waals surface area (Å²) in [7, 11) is -3.86. The van der Waals surface area contributed by atoms with Crippen molar-refractivity contribution < 1.29 is 13.2 Å². The zero-order chi connectivity index (χ0) is 23.3. The van der Waals surface area contributed by atoms with Crippen LogP contribution in [-0.2, 0) is 10.0 Å². The van der Waals surface area contributed by atoms with Gasteiger partial charge in [0.25, 0.3) is 15.9 Å². The maximum Gasteiger partial charge on any atom is 0.262 e. The van der Waals surface area contributed by atoms with Crippen molar-refractivity contribution in [2.24, 2.45) is 0 Å². The summed E-state index contributed by atoms with van der Waals surface area (Å²) in [6.45, 7) is 1.70. The van der Waals surface area contributed by atoms with Crippen molar-refractivity contribution in [2.75, 3.05) is 10.0 Å². The van der Waals surface area contributed by atoms with Crippen LogP contribution in [0.5, 0.6) is 0 Å². The van der Waals surface area contributed by atoms with Crippen LogP contribution in [0.4, 0.5) is 11.4 Å². The third-order valence-corrected chi connectivity index (χ3v) is 7.48. The molecule has 7 heteroatoms. The zero-order valence-corrected chi connectivity index (χ0v) is 19.5. The van der Waals surface area contributed by atoms with Gasteiger partial charge in [0.2, 0.25) is 0 Å². The van der Waals surface area contributed by atoms with E-state index in [2.05, 4.69) is 10.0 Å². The lowest BCUT2D eigenvalue weighted by Gasteiger charge is -2.13. The Labute approximate surface area is 197 Å². The Morgan fingerprint density at radius 2 is 1.42 bits per heavy atom. The van der Waals surface area contributed by atoms with Crippen molar-refractivity contribution in [3.05, 3.63) is 114 Å². The highest BCUT2D eigenvalue weighted by Crippen LogP contribution is 2.33. The lowest BCUT2D eigenvalue weighted by molar-refractivity contribution is 0.102. The molecule has 4 aromatic rings.